The van der Waals surface area contributed by atoms with Crippen LogP contribution in [0.4, 0.5) is 0 Å². The van der Waals surface area contributed by atoms with Crippen LogP contribution in [-0.2, 0) is 9.59 Å². The van der Waals surface area contributed by atoms with Crippen LogP contribution in [0.15, 0.2) is 71.8 Å². The van der Waals surface area contributed by atoms with Crippen LogP contribution in [0.25, 0.3) is 22.0 Å². The average Bonchev–Trinajstić information content (AvgIpc) is 3.32. The number of carboxylic acid groups (broad SMARTS) is 1. The third kappa shape index (κ3) is 5.12. The molecule has 2 heterocycles. The van der Waals surface area contributed by atoms with Gasteiger partial charge in [-0.25, -0.2) is 5.01 Å². The van der Waals surface area contributed by atoms with Gasteiger partial charge in [0.25, 0.3) is 0 Å². The van der Waals surface area contributed by atoms with Crippen molar-refractivity contribution in [1.29, 1.82) is 0 Å². The molecule has 1 unspecified atom stereocenters. The Morgan fingerprint density at radius 3 is 2.37 bits per heavy atom. The van der Waals surface area contributed by atoms with Crippen molar-refractivity contribution in [3.8, 4) is 11.1 Å². The molecule has 0 fully saturated rings. The molecule has 1 amide bonds. The second-order valence-corrected chi connectivity index (χ2v) is 10.3. The topological polar surface area (TPSA) is 82.9 Å². The zero-order valence-electron chi connectivity index (χ0n) is 20.3. The lowest BCUT2D eigenvalue weighted by molar-refractivity contribution is -0.141. The molecule has 6 nitrogen and oxygen atoms in total. The van der Waals surface area contributed by atoms with E-state index in [2.05, 4.69) is 0 Å². The van der Waals surface area contributed by atoms with Crippen molar-refractivity contribution in [2.45, 2.75) is 32.2 Å². The number of hydrogen-bond donors (Lipinski definition) is 1. The summed E-state index contributed by atoms with van der Waals surface area (Å²) in [6.07, 6.45) is -0.135. The van der Waals surface area contributed by atoms with Crippen LogP contribution < -0.4 is 0 Å². The number of fused-ring (bicyclic) bond motifs is 1. The molecule has 3 aromatic carbocycles. The van der Waals surface area contributed by atoms with E-state index in [1.165, 1.54) is 5.01 Å². The van der Waals surface area contributed by atoms with E-state index in [1.54, 1.807) is 24.3 Å². The smallest absolute Gasteiger partial charge is 0.303 e. The lowest BCUT2D eigenvalue weighted by Crippen LogP contribution is -2.27. The Morgan fingerprint density at radius 2 is 1.66 bits per heavy atom. The Bertz CT molecular complexity index is 1610. The van der Waals surface area contributed by atoms with E-state index in [4.69, 9.17) is 50.0 Å². The SMILES string of the molecule is Cc1nc2ccc(Cl)cc2c(-c2ccccc2)c1C1=NN(C(=O)CCC(=O)O)C(c2ccc(Cl)cc2Cl)C1. The van der Waals surface area contributed by atoms with Gasteiger partial charge in [0.2, 0.25) is 5.91 Å². The minimum Gasteiger partial charge on any atom is -0.481 e. The first-order valence-electron chi connectivity index (χ1n) is 11.9. The molecule has 1 N–H and O–H groups in total. The molecule has 4 aromatic rings. The highest BCUT2D eigenvalue weighted by atomic mass is 35.5. The van der Waals surface area contributed by atoms with Crippen molar-refractivity contribution in [3.05, 3.63) is 98.6 Å². The largest absolute Gasteiger partial charge is 0.481 e. The summed E-state index contributed by atoms with van der Waals surface area (Å²) in [5.74, 6) is -1.46. The number of aromatic nitrogens is 1. The van der Waals surface area contributed by atoms with Gasteiger partial charge in [0, 0.05) is 50.1 Å². The molecule has 1 aliphatic heterocycles. The third-order valence-corrected chi connectivity index (χ3v) is 7.32. The fraction of sp³-hybridized carbons (Fsp3) is 0.172. The summed E-state index contributed by atoms with van der Waals surface area (Å²) >= 11 is 19.1. The normalized spacial score (nSPS) is 15.1. The number of hydrazone groups is 1. The van der Waals surface area contributed by atoms with Gasteiger partial charge in [0.15, 0.2) is 0 Å². The number of pyridine rings is 1. The number of carbonyl (C=O) groups excluding carboxylic acids is 1. The molecule has 1 aliphatic rings. The van der Waals surface area contributed by atoms with Gasteiger partial charge in [0.1, 0.15) is 0 Å². The second kappa shape index (κ2) is 10.7. The molecule has 5 rings (SSSR count). The lowest BCUT2D eigenvalue weighted by atomic mass is 9.89. The van der Waals surface area contributed by atoms with Crippen LogP contribution in [0, 0.1) is 6.92 Å². The maximum absolute atomic E-state index is 13.2. The molecule has 0 spiro atoms. The third-order valence-electron chi connectivity index (χ3n) is 6.52. The van der Waals surface area contributed by atoms with Crippen molar-refractivity contribution >= 4 is 63.3 Å². The van der Waals surface area contributed by atoms with Gasteiger partial charge >= 0.3 is 5.97 Å². The van der Waals surface area contributed by atoms with E-state index >= 15 is 0 Å². The first kappa shape index (κ1) is 26.2. The van der Waals surface area contributed by atoms with Gasteiger partial charge in [-0.05, 0) is 48.4 Å². The Hall–Kier alpha value is -3.45. The predicted octanol–water partition coefficient (Wildman–Crippen LogP) is 7.71. The molecule has 192 valence electrons. The van der Waals surface area contributed by atoms with Gasteiger partial charge in [-0.1, -0.05) is 71.2 Å². The van der Waals surface area contributed by atoms with Gasteiger partial charge in [-0.2, -0.15) is 5.10 Å². The second-order valence-electron chi connectivity index (χ2n) is 9.04. The number of aliphatic carboxylic acids is 1. The fourth-order valence-electron chi connectivity index (χ4n) is 4.85. The molecule has 0 saturated carbocycles. The van der Waals surface area contributed by atoms with Crippen LogP contribution in [0.2, 0.25) is 15.1 Å². The molecular weight excluding hydrogens is 545 g/mol. The minimum absolute atomic E-state index is 0.191. The summed E-state index contributed by atoms with van der Waals surface area (Å²) in [5.41, 5.74) is 5.53. The number of carbonyl (C=O) groups is 2. The first-order chi connectivity index (χ1) is 18.2. The Morgan fingerprint density at radius 1 is 0.947 bits per heavy atom. The van der Waals surface area contributed by atoms with Crippen molar-refractivity contribution < 1.29 is 14.7 Å². The minimum atomic E-state index is -1.05. The molecule has 1 aromatic heterocycles. The van der Waals surface area contributed by atoms with Crippen molar-refractivity contribution in [3.63, 3.8) is 0 Å². The van der Waals surface area contributed by atoms with Crippen molar-refractivity contribution in [1.82, 2.24) is 9.99 Å². The summed E-state index contributed by atoms with van der Waals surface area (Å²) < 4.78 is 0. The maximum atomic E-state index is 13.2. The van der Waals surface area contributed by atoms with Gasteiger partial charge in [-0.15, -0.1) is 0 Å². The molecule has 38 heavy (non-hydrogen) atoms. The lowest BCUT2D eigenvalue weighted by Gasteiger charge is -2.23. The van der Waals surface area contributed by atoms with Crippen LogP contribution in [0.3, 0.4) is 0 Å². The number of halogens is 3. The number of benzene rings is 3. The Balaban J connectivity index is 1.70. The van der Waals surface area contributed by atoms with Crippen molar-refractivity contribution in [2.24, 2.45) is 5.10 Å². The van der Waals surface area contributed by atoms with Crippen molar-refractivity contribution in [2.75, 3.05) is 0 Å². The summed E-state index contributed by atoms with van der Waals surface area (Å²) in [4.78, 5) is 29.3. The number of amides is 1. The molecule has 9 heteroatoms. The van der Waals surface area contributed by atoms with Gasteiger partial charge < -0.3 is 5.11 Å². The van der Waals surface area contributed by atoms with E-state index < -0.39 is 17.9 Å². The highest BCUT2D eigenvalue weighted by Crippen LogP contribution is 2.42. The van der Waals surface area contributed by atoms with Crippen LogP contribution >= 0.6 is 34.8 Å². The summed E-state index contributed by atoms with van der Waals surface area (Å²) in [7, 11) is 0. The molecule has 0 radical (unpaired) electrons. The van der Waals surface area contributed by atoms with Gasteiger partial charge in [-0.3, -0.25) is 14.6 Å². The zero-order chi connectivity index (χ0) is 27.0. The number of rotatable bonds is 6. The first-order valence-corrected chi connectivity index (χ1v) is 13.1. The highest BCUT2D eigenvalue weighted by Gasteiger charge is 2.36. The molecule has 0 saturated heterocycles. The molecule has 0 aliphatic carbocycles. The quantitative estimate of drug-likeness (QED) is 0.259. The summed E-state index contributed by atoms with van der Waals surface area (Å²) in [5, 5.41) is 17.6. The summed E-state index contributed by atoms with van der Waals surface area (Å²) in [6.45, 7) is 1.91. The monoisotopic (exact) mass is 565 g/mol. The maximum Gasteiger partial charge on any atom is 0.303 e. The van der Waals surface area contributed by atoms with E-state index in [1.807, 2.05) is 49.4 Å². The zero-order valence-corrected chi connectivity index (χ0v) is 22.6. The molecular formula is C29H22Cl3N3O3. The fourth-order valence-corrected chi connectivity index (χ4v) is 5.56. The van der Waals surface area contributed by atoms with Gasteiger partial charge in [0.05, 0.1) is 23.7 Å². The Labute approximate surface area is 234 Å². The van der Waals surface area contributed by atoms with E-state index in [0.29, 0.717) is 32.8 Å². The average molecular weight is 567 g/mol. The standard InChI is InChI=1S/C29H22Cl3N3O3/c1-16-28(29(17-5-3-2-4-6-17)21-13-18(30)8-10-23(21)33-16)24-15-25(20-9-7-19(31)14-22(20)32)35(34-24)26(36)11-12-27(37)38/h2-10,13-14,25H,11-12,15H2,1H3,(H,37,38). The predicted molar refractivity (Wildman–Crippen MR) is 151 cm³/mol. The molecule has 0 bridgehead atoms. The number of hydrogen-bond acceptors (Lipinski definition) is 4. The Kier molecular flexibility index (Phi) is 7.39. The highest BCUT2D eigenvalue weighted by molar-refractivity contribution is 6.35. The van der Waals surface area contributed by atoms with E-state index in [-0.39, 0.29) is 12.8 Å². The van der Waals surface area contributed by atoms with E-state index in [9.17, 15) is 9.59 Å². The van der Waals surface area contributed by atoms with Crippen LogP contribution in [0.5, 0.6) is 0 Å². The van der Waals surface area contributed by atoms with E-state index in [0.717, 1.165) is 33.3 Å². The number of carboxylic acids is 1. The number of aryl methyl sites for hydroxylation is 1. The molecule has 1 atom stereocenters. The summed E-state index contributed by atoms with van der Waals surface area (Å²) in [6, 6.07) is 20.0. The number of nitrogens with zero attached hydrogens (tertiary/aromatic N) is 3. The van der Waals surface area contributed by atoms with Crippen LogP contribution in [-0.4, -0.2) is 32.7 Å². The van der Waals surface area contributed by atoms with Crippen LogP contribution in [0.1, 0.15) is 42.1 Å².